The molecule has 0 unspecified atom stereocenters. The normalized spacial score (nSPS) is 17.3. The molecule has 1 N–H and O–H groups in total. The second kappa shape index (κ2) is 9.88. The molecule has 144 valence electrons. The summed E-state index contributed by atoms with van der Waals surface area (Å²) >= 11 is 6.47. The van der Waals surface area contributed by atoms with Crippen molar-refractivity contribution in [1.29, 1.82) is 0 Å². The fourth-order valence-corrected chi connectivity index (χ4v) is 3.91. The number of carbonyl (C=O) groups excluding carboxylic acids is 1. The lowest BCUT2D eigenvalue weighted by atomic mass is 9.95. The molecule has 1 aliphatic rings. The Labute approximate surface area is 166 Å². The fraction of sp³-hybridized carbons (Fsp3) is 0.409. The van der Waals surface area contributed by atoms with Gasteiger partial charge in [0.15, 0.2) is 0 Å². The molecule has 1 amide bonds. The average molecular weight is 387 g/mol. The molecule has 4 nitrogen and oxygen atoms in total. The number of hydrogen-bond acceptors (Lipinski definition) is 3. The number of nitrogens with zero attached hydrogens (tertiary/aromatic N) is 1. The van der Waals surface area contributed by atoms with Crippen molar-refractivity contribution in [3.05, 3.63) is 70.7 Å². The topological polar surface area (TPSA) is 41.6 Å². The van der Waals surface area contributed by atoms with Gasteiger partial charge in [-0.05, 0) is 23.6 Å². The van der Waals surface area contributed by atoms with E-state index in [-0.39, 0.29) is 17.9 Å². The fourth-order valence-electron chi connectivity index (χ4n) is 3.65. The molecule has 5 heteroatoms. The van der Waals surface area contributed by atoms with Crippen molar-refractivity contribution in [3.63, 3.8) is 0 Å². The average Bonchev–Trinajstić information content (AvgIpc) is 2.71. The number of hydrogen-bond donors (Lipinski definition) is 1. The van der Waals surface area contributed by atoms with Crippen LogP contribution in [0.2, 0.25) is 5.02 Å². The number of carbonyl (C=O) groups is 1. The van der Waals surface area contributed by atoms with Gasteiger partial charge >= 0.3 is 0 Å². The number of nitrogens with one attached hydrogen (secondary N) is 1. The predicted octanol–water partition coefficient (Wildman–Crippen LogP) is 4.02. The molecule has 0 aromatic heterocycles. The summed E-state index contributed by atoms with van der Waals surface area (Å²) < 4.78 is 5.49. The van der Waals surface area contributed by atoms with Crippen LogP contribution in [0.25, 0.3) is 0 Å². The van der Waals surface area contributed by atoms with E-state index in [9.17, 15) is 4.79 Å². The first-order valence-corrected chi connectivity index (χ1v) is 9.97. The summed E-state index contributed by atoms with van der Waals surface area (Å²) in [4.78, 5) is 15.2. The Kier molecular flexibility index (Phi) is 7.27. The van der Waals surface area contributed by atoms with Crippen LogP contribution in [0.5, 0.6) is 0 Å². The lowest BCUT2D eigenvalue weighted by molar-refractivity contribution is -0.123. The molecule has 0 spiro atoms. The first-order valence-electron chi connectivity index (χ1n) is 9.59. The maximum Gasteiger partial charge on any atom is 0.227 e. The molecule has 1 fully saturated rings. The zero-order valence-corrected chi connectivity index (χ0v) is 16.5. The molecular weight excluding hydrogens is 360 g/mol. The first-order chi connectivity index (χ1) is 13.2. The molecule has 2 aromatic rings. The second-order valence-electron chi connectivity index (χ2n) is 6.80. The minimum atomic E-state index is -0.136. The van der Waals surface area contributed by atoms with Gasteiger partial charge in [0.25, 0.3) is 0 Å². The molecule has 1 heterocycles. The molecule has 1 aliphatic heterocycles. The van der Waals surface area contributed by atoms with Crippen LogP contribution in [0.3, 0.4) is 0 Å². The number of morpholine rings is 1. The van der Waals surface area contributed by atoms with Gasteiger partial charge in [-0.1, -0.05) is 67.1 Å². The largest absolute Gasteiger partial charge is 0.379 e. The van der Waals surface area contributed by atoms with Crippen molar-refractivity contribution in [2.24, 2.45) is 0 Å². The van der Waals surface area contributed by atoms with Crippen LogP contribution in [-0.4, -0.2) is 43.7 Å². The van der Waals surface area contributed by atoms with Gasteiger partial charge in [0.1, 0.15) is 0 Å². The van der Waals surface area contributed by atoms with Gasteiger partial charge in [0.2, 0.25) is 5.91 Å². The van der Waals surface area contributed by atoms with Gasteiger partial charge in [-0.3, -0.25) is 9.69 Å². The highest BCUT2D eigenvalue weighted by atomic mass is 35.5. The number of amides is 1. The van der Waals surface area contributed by atoms with Crippen molar-refractivity contribution in [3.8, 4) is 0 Å². The van der Waals surface area contributed by atoms with E-state index in [1.54, 1.807) is 0 Å². The highest BCUT2D eigenvalue weighted by Gasteiger charge is 2.26. The van der Waals surface area contributed by atoms with E-state index in [2.05, 4.69) is 10.2 Å². The molecule has 0 bridgehead atoms. The van der Waals surface area contributed by atoms with Crippen LogP contribution in [0.4, 0.5) is 0 Å². The smallest absolute Gasteiger partial charge is 0.227 e. The van der Waals surface area contributed by atoms with Gasteiger partial charge in [0.05, 0.1) is 25.2 Å². The van der Waals surface area contributed by atoms with Crippen molar-refractivity contribution in [2.75, 3.05) is 32.8 Å². The molecule has 27 heavy (non-hydrogen) atoms. The van der Waals surface area contributed by atoms with E-state index in [1.165, 1.54) is 0 Å². The van der Waals surface area contributed by atoms with Gasteiger partial charge in [0, 0.05) is 24.7 Å². The minimum absolute atomic E-state index is 0.0415. The Morgan fingerprint density at radius 2 is 1.78 bits per heavy atom. The highest BCUT2D eigenvalue weighted by Crippen LogP contribution is 2.28. The van der Waals surface area contributed by atoms with E-state index in [0.717, 1.165) is 35.7 Å². The standard InChI is InChI=1S/C22H27ClN2O2/c1-2-18(17-8-4-3-5-9-17)22(26)24-16-21(25-12-14-27-15-13-25)19-10-6-7-11-20(19)23/h3-11,18,21H,2,12-16H2,1H3,(H,24,26)/t18-,21+/m1/s1. The van der Waals surface area contributed by atoms with E-state index in [4.69, 9.17) is 16.3 Å². The second-order valence-corrected chi connectivity index (χ2v) is 7.21. The van der Waals surface area contributed by atoms with Crippen LogP contribution in [0.15, 0.2) is 54.6 Å². The van der Waals surface area contributed by atoms with Crippen LogP contribution in [0, 0.1) is 0 Å². The first kappa shape index (κ1) is 19.9. The molecule has 2 aromatic carbocycles. The summed E-state index contributed by atoms with van der Waals surface area (Å²) in [6, 6.07) is 17.9. The number of benzene rings is 2. The molecule has 3 rings (SSSR count). The van der Waals surface area contributed by atoms with Crippen molar-refractivity contribution >= 4 is 17.5 Å². The summed E-state index contributed by atoms with van der Waals surface area (Å²) in [5.74, 6) is -0.0724. The van der Waals surface area contributed by atoms with Crippen LogP contribution < -0.4 is 5.32 Å². The molecule has 0 radical (unpaired) electrons. The van der Waals surface area contributed by atoms with Crippen LogP contribution in [0.1, 0.15) is 36.4 Å². The van der Waals surface area contributed by atoms with E-state index in [0.29, 0.717) is 19.8 Å². The summed E-state index contributed by atoms with van der Waals surface area (Å²) in [7, 11) is 0. The van der Waals surface area contributed by atoms with Crippen LogP contribution >= 0.6 is 11.6 Å². The SMILES string of the molecule is CC[C@@H](C(=O)NC[C@@H](c1ccccc1Cl)N1CCOCC1)c1ccccc1. The predicted molar refractivity (Wildman–Crippen MR) is 109 cm³/mol. The summed E-state index contributed by atoms with van der Waals surface area (Å²) in [6.45, 7) is 5.66. The Bertz CT molecular complexity index is 732. The van der Waals surface area contributed by atoms with Gasteiger partial charge in [-0.25, -0.2) is 0 Å². The van der Waals surface area contributed by atoms with Gasteiger partial charge < -0.3 is 10.1 Å². The number of rotatable bonds is 7. The van der Waals surface area contributed by atoms with E-state index >= 15 is 0 Å². The molecule has 2 atom stereocenters. The van der Waals surface area contributed by atoms with Crippen molar-refractivity contribution < 1.29 is 9.53 Å². The van der Waals surface area contributed by atoms with E-state index < -0.39 is 0 Å². The van der Waals surface area contributed by atoms with Gasteiger partial charge in [-0.2, -0.15) is 0 Å². The Balaban J connectivity index is 1.74. The minimum Gasteiger partial charge on any atom is -0.379 e. The third-order valence-electron chi connectivity index (χ3n) is 5.15. The Morgan fingerprint density at radius 1 is 1.11 bits per heavy atom. The molecule has 1 saturated heterocycles. The van der Waals surface area contributed by atoms with E-state index in [1.807, 2.05) is 61.5 Å². The monoisotopic (exact) mass is 386 g/mol. The summed E-state index contributed by atoms with van der Waals surface area (Å²) in [5.41, 5.74) is 2.10. The molecule has 0 aliphatic carbocycles. The molecular formula is C22H27ClN2O2. The van der Waals surface area contributed by atoms with Crippen molar-refractivity contribution in [1.82, 2.24) is 10.2 Å². The third-order valence-corrected chi connectivity index (χ3v) is 5.49. The lowest BCUT2D eigenvalue weighted by Gasteiger charge is -2.35. The van der Waals surface area contributed by atoms with Crippen molar-refractivity contribution in [2.45, 2.75) is 25.3 Å². The lowest BCUT2D eigenvalue weighted by Crippen LogP contribution is -2.44. The molecule has 0 saturated carbocycles. The Morgan fingerprint density at radius 3 is 2.44 bits per heavy atom. The zero-order valence-electron chi connectivity index (χ0n) is 15.7. The summed E-state index contributed by atoms with van der Waals surface area (Å²) in [5, 5.41) is 3.91. The highest BCUT2D eigenvalue weighted by molar-refractivity contribution is 6.31. The van der Waals surface area contributed by atoms with Crippen LogP contribution in [-0.2, 0) is 9.53 Å². The number of halogens is 1. The van der Waals surface area contributed by atoms with Gasteiger partial charge in [-0.15, -0.1) is 0 Å². The summed E-state index contributed by atoms with van der Waals surface area (Å²) in [6.07, 6.45) is 0.768. The number of ether oxygens (including phenoxy) is 1. The maximum atomic E-state index is 12.9. The zero-order chi connectivity index (χ0) is 19.1. The maximum absolute atomic E-state index is 12.9. The Hall–Kier alpha value is -1.88. The quantitative estimate of drug-likeness (QED) is 0.781. The third kappa shape index (κ3) is 5.10.